The molecule has 0 saturated heterocycles. The summed E-state index contributed by atoms with van der Waals surface area (Å²) in [6.07, 6.45) is 14.0. The first-order chi connectivity index (χ1) is 8.81. The third-order valence-corrected chi connectivity index (χ3v) is 3.14. The zero-order valence-corrected chi connectivity index (χ0v) is 12.4. The Kier molecular flexibility index (Phi) is 13.7. The summed E-state index contributed by atoms with van der Waals surface area (Å²) < 4.78 is 0. The molecular formula is C17H30O. The van der Waals surface area contributed by atoms with E-state index >= 15 is 0 Å². The number of ketones is 1. The lowest BCUT2D eigenvalue weighted by atomic mass is 10.1. The second-order valence-electron chi connectivity index (χ2n) is 5.05. The quantitative estimate of drug-likeness (QED) is 0.277. The van der Waals surface area contributed by atoms with Crippen molar-refractivity contribution in [1.82, 2.24) is 0 Å². The van der Waals surface area contributed by atoms with Crippen LogP contribution in [0.1, 0.15) is 90.9 Å². The molecule has 18 heavy (non-hydrogen) atoms. The largest absolute Gasteiger partial charge is 0.285 e. The average molecular weight is 250 g/mol. The lowest BCUT2D eigenvalue weighted by Gasteiger charge is -1.97. The van der Waals surface area contributed by atoms with Crippen molar-refractivity contribution >= 4 is 5.78 Å². The van der Waals surface area contributed by atoms with Gasteiger partial charge in [0.2, 0.25) is 5.78 Å². The highest BCUT2D eigenvalue weighted by atomic mass is 16.1. The van der Waals surface area contributed by atoms with Crippen LogP contribution in [0.2, 0.25) is 0 Å². The summed E-state index contributed by atoms with van der Waals surface area (Å²) in [6, 6.07) is 0. The molecule has 0 aliphatic carbocycles. The minimum Gasteiger partial charge on any atom is -0.285 e. The first-order valence-corrected chi connectivity index (χ1v) is 7.83. The Morgan fingerprint density at radius 2 is 1.33 bits per heavy atom. The molecule has 0 radical (unpaired) electrons. The highest BCUT2D eigenvalue weighted by Crippen LogP contribution is 2.07. The van der Waals surface area contributed by atoms with Gasteiger partial charge in [-0.05, 0) is 18.8 Å². The van der Waals surface area contributed by atoms with E-state index in [2.05, 4.69) is 25.7 Å². The van der Waals surface area contributed by atoms with Crippen molar-refractivity contribution in [3.8, 4) is 11.8 Å². The Bertz CT molecular complexity index is 244. The monoisotopic (exact) mass is 250 g/mol. The van der Waals surface area contributed by atoms with Gasteiger partial charge in [0.05, 0.1) is 0 Å². The van der Waals surface area contributed by atoms with Gasteiger partial charge in [0, 0.05) is 12.8 Å². The van der Waals surface area contributed by atoms with Gasteiger partial charge in [-0.25, -0.2) is 0 Å². The van der Waals surface area contributed by atoms with Crippen molar-refractivity contribution in [2.45, 2.75) is 90.9 Å². The van der Waals surface area contributed by atoms with Gasteiger partial charge in [-0.3, -0.25) is 4.79 Å². The summed E-state index contributed by atoms with van der Waals surface area (Å²) >= 11 is 0. The van der Waals surface area contributed by atoms with Crippen molar-refractivity contribution in [2.24, 2.45) is 0 Å². The fourth-order valence-corrected chi connectivity index (χ4v) is 1.93. The predicted molar refractivity (Wildman–Crippen MR) is 79.5 cm³/mol. The van der Waals surface area contributed by atoms with Crippen LogP contribution in [0.3, 0.4) is 0 Å². The van der Waals surface area contributed by atoms with Gasteiger partial charge in [0.25, 0.3) is 0 Å². The standard InChI is InChI=1S/C17H30O/c1-3-5-7-8-9-10-11-12-14-16-17(18)15-13-6-4-2/h3-13,15H2,1-2H3. The van der Waals surface area contributed by atoms with Crippen molar-refractivity contribution < 1.29 is 4.79 Å². The number of Topliss-reactive ketones (excluding diaryl/α,β-unsaturated/α-hetero) is 1. The highest BCUT2D eigenvalue weighted by Gasteiger charge is 1.95. The van der Waals surface area contributed by atoms with Crippen LogP contribution in [0.15, 0.2) is 0 Å². The molecular weight excluding hydrogens is 220 g/mol. The van der Waals surface area contributed by atoms with E-state index in [0.717, 1.165) is 25.7 Å². The minimum absolute atomic E-state index is 0.131. The number of rotatable bonds is 11. The third-order valence-electron chi connectivity index (χ3n) is 3.14. The van der Waals surface area contributed by atoms with E-state index in [1.807, 2.05) is 0 Å². The fourth-order valence-electron chi connectivity index (χ4n) is 1.93. The third kappa shape index (κ3) is 13.3. The molecule has 0 atom stereocenters. The number of carbonyl (C=O) groups is 1. The molecule has 0 aliphatic rings. The molecule has 0 aromatic rings. The molecule has 0 N–H and O–H groups in total. The van der Waals surface area contributed by atoms with Crippen LogP contribution in [-0.4, -0.2) is 5.78 Å². The molecule has 0 saturated carbocycles. The first-order valence-electron chi connectivity index (χ1n) is 7.83. The second-order valence-corrected chi connectivity index (χ2v) is 5.05. The van der Waals surface area contributed by atoms with Gasteiger partial charge in [0.1, 0.15) is 0 Å². The summed E-state index contributed by atoms with van der Waals surface area (Å²) in [4.78, 5) is 11.4. The Morgan fingerprint density at radius 3 is 2.00 bits per heavy atom. The fraction of sp³-hybridized carbons (Fsp3) is 0.824. The Balaban J connectivity index is 3.29. The predicted octanol–water partition coefficient (Wildman–Crippen LogP) is 5.28. The Hall–Kier alpha value is -0.770. The molecule has 0 amide bonds. The molecule has 0 aliphatic heterocycles. The van der Waals surface area contributed by atoms with E-state index in [-0.39, 0.29) is 5.78 Å². The van der Waals surface area contributed by atoms with Crippen LogP contribution in [0.4, 0.5) is 0 Å². The summed E-state index contributed by atoms with van der Waals surface area (Å²) in [5.74, 6) is 5.91. The topological polar surface area (TPSA) is 17.1 Å². The minimum atomic E-state index is 0.131. The Labute approximate surface area is 114 Å². The smallest absolute Gasteiger partial charge is 0.205 e. The maximum atomic E-state index is 11.4. The van der Waals surface area contributed by atoms with Gasteiger partial charge in [-0.2, -0.15) is 0 Å². The SMILES string of the molecule is CCCCCCCCCC#CC(=O)CCCCC. The van der Waals surface area contributed by atoms with E-state index < -0.39 is 0 Å². The molecule has 0 bridgehead atoms. The zero-order chi connectivity index (χ0) is 13.5. The first kappa shape index (κ1) is 17.2. The maximum Gasteiger partial charge on any atom is 0.205 e. The number of unbranched alkanes of at least 4 members (excludes halogenated alkanes) is 9. The van der Waals surface area contributed by atoms with Crippen LogP contribution >= 0.6 is 0 Å². The summed E-state index contributed by atoms with van der Waals surface area (Å²) in [5, 5.41) is 0. The molecule has 0 aromatic carbocycles. The lowest BCUT2D eigenvalue weighted by molar-refractivity contribution is -0.113. The maximum absolute atomic E-state index is 11.4. The van der Waals surface area contributed by atoms with Crippen LogP contribution in [0, 0.1) is 11.8 Å². The molecule has 0 heterocycles. The van der Waals surface area contributed by atoms with Gasteiger partial charge in [0.15, 0.2) is 0 Å². The molecule has 0 rings (SSSR count). The number of carbonyl (C=O) groups excluding carboxylic acids is 1. The van der Waals surface area contributed by atoms with Crippen LogP contribution in [-0.2, 0) is 4.79 Å². The van der Waals surface area contributed by atoms with Gasteiger partial charge >= 0.3 is 0 Å². The molecule has 0 spiro atoms. The van der Waals surface area contributed by atoms with Crippen LogP contribution in [0.5, 0.6) is 0 Å². The van der Waals surface area contributed by atoms with Crippen molar-refractivity contribution in [2.75, 3.05) is 0 Å². The molecule has 0 unspecified atom stereocenters. The average Bonchev–Trinajstić information content (AvgIpc) is 2.37. The summed E-state index contributed by atoms with van der Waals surface area (Å²) in [5.41, 5.74) is 0. The molecule has 1 nitrogen and oxygen atoms in total. The molecule has 104 valence electrons. The van der Waals surface area contributed by atoms with Crippen molar-refractivity contribution in [1.29, 1.82) is 0 Å². The van der Waals surface area contributed by atoms with E-state index in [0.29, 0.717) is 6.42 Å². The summed E-state index contributed by atoms with van der Waals surface area (Å²) in [6.45, 7) is 4.39. The van der Waals surface area contributed by atoms with E-state index in [1.165, 1.54) is 44.9 Å². The van der Waals surface area contributed by atoms with Gasteiger partial charge in [-0.15, -0.1) is 0 Å². The summed E-state index contributed by atoms with van der Waals surface area (Å²) in [7, 11) is 0. The normalized spacial score (nSPS) is 9.89. The van der Waals surface area contributed by atoms with E-state index in [9.17, 15) is 4.79 Å². The lowest BCUT2D eigenvalue weighted by Crippen LogP contribution is -1.92. The van der Waals surface area contributed by atoms with Crippen molar-refractivity contribution in [3.05, 3.63) is 0 Å². The zero-order valence-electron chi connectivity index (χ0n) is 12.4. The van der Waals surface area contributed by atoms with E-state index in [4.69, 9.17) is 0 Å². The second kappa shape index (κ2) is 14.3. The Morgan fingerprint density at radius 1 is 0.778 bits per heavy atom. The van der Waals surface area contributed by atoms with E-state index in [1.54, 1.807) is 0 Å². The number of hydrogen-bond acceptors (Lipinski definition) is 1. The molecule has 0 fully saturated rings. The van der Waals surface area contributed by atoms with Gasteiger partial charge in [-0.1, -0.05) is 71.1 Å². The van der Waals surface area contributed by atoms with Crippen molar-refractivity contribution in [3.63, 3.8) is 0 Å². The molecule has 1 heteroatoms. The van der Waals surface area contributed by atoms with Gasteiger partial charge < -0.3 is 0 Å². The van der Waals surface area contributed by atoms with Crippen LogP contribution in [0.25, 0.3) is 0 Å². The van der Waals surface area contributed by atoms with Crippen LogP contribution < -0.4 is 0 Å². The highest BCUT2D eigenvalue weighted by molar-refractivity contribution is 5.95. The number of hydrogen-bond donors (Lipinski definition) is 0. The molecule has 0 aromatic heterocycles.